The Kier molecular flexibility index (Phi) is 6.05. The van der Waals surface area contributed by atoms with E-state index in [1.165, 1.54) is 11.1 Å². The topological polar surface area (TPSA) is 69.6 Å². The molecule has 0 spiro atoms. The fraction of sp³-hybridized carbons (Fsp3) is 0.529. The lowest BCUT2D eigenvalue weighted by molar-refractivity contribution is -0.192. The molecule has 1 aromatic rings. The van der Waals surface area contributed by atoms with E-state index in [4.69, 9.17) is 9.90 Å². The van der Waals surface area contributed by atoms with Crippen molar-refractivity contribution in [1.82, 2.24) is 10.2 Å². The Morgan fingerprint density at radius 2 is 1.88 bits per heavy atom. The third-order valence-corrected chi connectivity index (χ3v) is 4.42. The van der Waals surface area contributed by atoms with E-state index in [-0.39, 0.29) is 5.91 Å². The van der Waals surface area contributed by atoms with Crippen molar-refractivity contribution < 1.29 is 27.9 Å². The van der Waals surface area contributed by atoms with Gasteiger partial charge >= 0.3 is 12.1 Å². The molecule has 2 N–H and O–H groups in total. The van der Waals surface area contributed by atoms with E-state index in [2.05, 4.69) is 41.4 Å². The Hall–Kier alpha value is -2.09. The van der Waals surface area contributed by atoms with Gasteiger partial charge in [0, 0.05) is 31.6 Å². The number of nitrogens with one attached hydrogen (secondary N) is 1. The van der Waals surface area contributed by atoms with Crippen LogP contribution in [0, 0.1) is 6.92 Å². The van der Waals surface area contributed by atoms with E-state index < -0.39 is 12.1 Å². The number of carboxylic acids is 1. The summed E-state index contributed by atoms with van der Waals surface area (Å²) in [5.74, 6) is -2.53. The Labute approximate surface area is 143 Å². The summed E-state index contributed by atoms with van der Waals surface area (Å²) < 4.78 is 31.7. The van der Waals surface area contributed by atoms with Crippen LogP contribution in [0.4, 0.5) is 13.2 Å². The molecule has 3 rings (SSSR count). The summed E-state index contributed by atoms with van der Waals surface area (Å²) in [5.41, 5.74) is 2.68. The average molecular weight is 358 g/mol. The number of rotatable bonds is 2. The van der Waals surface area contributed by atoms with Gasteiger partial charge in [0.1, 0.15) is 0 Å². The predicted molar refractivity (Wildman–Crippen MR) is 84.8 cm³/mol. The molecule has 2 heterocycles. The van der Waals surface area contributed by atoms with Crippen molar-refractivity contribution in [2.75, 3.05) is 6.54 Å². The second-order valence-electron chi connectivity index (χ2n) is 6.33. The first kappa shape index (κ1) is 19.2. The highest BCUT2D eigenvalue weighted by Crippen LogP contribution is 2.27. The predicted octanol–water partition coefficient (Wildman–Crippen LogP) is 2.48. The van der Waals surface area contributed by atoms with Crippen molar-refractivity contribution in [3.8, 4) is 0 Å². The summed E-state index contributed by atoms with van der Waals surface area (Å²) in [7, 11) is 0. The number of piperidine rings is 1. The van der Waals surface area contributed by atoms with E-state index in [0.29, 0.717) is 18.5 Å². The summed E-state index contributed by atoms with van der Waals surface area (Å²) in [6.45, 7) is 4.23. The SMILES string of the molecule is Cc1ccc(CN2CC[C@@H]3NC(=O)CC[C@@H]32)cc1.O=C(O)C(F)(F)F. The minimum atomic E-state index is -5.08. The van der Waals surface area contributed by atoms with Crippen molar-refractivity contribution >= 4 is 11.9 Å². The molecule has 0 saturated carbocycles. The molecule has 0 bridgehead atoms. The van der Waals surface area contributed by atoms with E-state index in [1.54, 1.807) is 0 Å². The van der Waals surface area contributed by atoms with E-state index in [0.717, 1.165) is 25.9 Å². The van der Waals surface area contributed by atoms with Gasteiger partial charge in [-0.3, -0.25) is 9.69 Å². The first-order valence-electron chi connectivity index (χ1n) is 8.06. The van der Waals surface area contributed by atoms with Crippen molar-refractivity contribution in [1.29, 1.82) is 0 Å². The van der Waals surface area contributed by atoms with Gasteiger partial charge in [0.2, 0.25) is 5.91 Å². The molecule has 2 aliphatic rings. The van der Waals surface area contributed by atoms with Gasteiger partial charge in [-0.05, 0) is 25.3 Å². The first-order chi connectivity index (χ1) is 11.7. The van der Waals surface area contributed by atoms with Crippen LogP contribution in [0.5, 0.6) is 0 Å². The minimum absolute atomic E-state index is 0.230. The number of likely N-dealkylation sites (tertiary alicyclic amines) is 1. The van der Waals surface area contributed by atoms with E-state index in [1.807, 2.05) is 0 Å². The number of hydrogen-bond donors (Lipinski definition) is 2. The number of aryl methyl sites for hydroxylation is 1. The lowest BCUT2D eigenvalue weighted by atomic mass is 9.98. The summed E-state index contributed by atoms with van der Waals surface area (Å²) >= 11 is 0. The molecule has 0 aromatic heterocycles. The fourth-order valence-corrected chi connectivity index (χ4v) is 3.15. The average Bonchev–Trinajstić information content (AvgIpc) is 2.91. The zero-order chi connectivity index (χ0) is 18.6. The van der Waals surface area contributed by atoms with Gasteiger partial charge in [0.05, 0.1) is 0 Å². The lowest BCUT2D eigenvalue weighted by Gasteiger charge is -2.32. The highest BCUT2D eigenvalue weighted by molar-refractivity contribution is 5.77. The second-order valence-corrected chi connectivity index (χ2v) is 6.33. The lowest BCUT2D eigenvalue weighted by Crippen LogP contribution is -2.49. The van der Waals surface area contributed by atoms with Crippen LogP contribution < -0.4 is 5.32 Å². The maximum absolute atomic E-state index is 11.4. The van der Waals surface area contributed by atoms with Gasteiger partial charge < -0.3 is 10.4 Å². The van der Waals surface area contributed by atoms with Crippen LogP contribution in [-0.2, 0) is 16.1 Å². The van der Waals surface area contributed by atoms with Gasteiger partial charge in [-0.15, -0.1) is 0 Å². The molecule has 2 saturated heterocycles. The summed E-state index contributed by atoms with van der Waals surface area (Å²) in [6, 6.07) is 9.70. The van der Waals surface area contributed by atoms with Crippen LogP contribution >= 0.6 is 0 Å². The Morgan fingerprint density at radius 1 is 1.28 bits per heavy atom. The number of alkyl halides is 3. The number of nitrogens with zero attached hydrogens (tertiary/aromatic N) is 1. The molecule has 0 unspecified atom stereocenters. The number of carboxylic acid groups (broad SMARTS) is 1. The van der Waals surface area contributed by atoms with Gasteiger partial charge in [-0.25, -0.2) is 4.79 Å². The number of fused-ring (bicyclic) bond motifs is 1. The molecule has 2 atom stereocenters. The van der Waals surface area contributed by atoms with Crippen LogP contribution in [0.15, 0.2) is 24.3 Å². The number of carbonyl (C=O) groups excluding carboxylic acids is 1. The van der Waals surface area contributed by atoms with Crippen LogP contribution in [-0.4, -0.2) is 46.7 Å². The Balaban J connectivity index is 0.000000277. The molecule has 2 aliphatic heterocycles. The number of benzene rings is 1. The van der Waals surface area contributed by atoms with Crippen molar-refractivity contribution in [3.05, 3.63) is 35.4 Å². The molecule has 0 radical (unpaired) electrons. The van der Waals surface area contributed by atoms with Gasteiger partial charge in [0.25, 0.3) is 0 Å². The highest BCUT2D eigenvalue weighted by atomic mass is 19.4. The molecule has 0 aliphatic carbocycles. The van der Waals surface area contributed by atoms with Crippen molar-refractivity contribution in [2.45, 2.75) is 51.0 Å². The number of hydrogen-bond acceptors (Lipinski definition) is 3. The molecule has 5 nitrogen and oxygen atoms in total. The van der Waals surface area contributed by atoms with Crippen molar-refractivity contribution in [2.24, 2.45) is 0 Å². The monoisotopic (exact) mass is 358 g/mol. The van der Waals surface area contributed by atoms with E-state index in [9.17, 15) is 18.0 Å². The van der Waals surface area contributed by atoms with Crippen LogP contribution in [0.1, 0.15) is 30.4 Å². The standard InChI is InChI=1S/C15H20N2O.C2HF3O2/c1-11-2-4-12(5-3-11)10-17-9-8-13-14(17)6-7-15(18)16-13;3-2(4,5)1(6)7/h2-5,13-14H,6-10H2,1H3,(H,16,18);(H,6,7)/t13-,14-;/m0./s1. The van der Waals surface area contributed by atoms with Crippen LogP contribution in [0.3, 0.4) is 0 Å². The van der Waals surface area contributed by atoms with Gasteiger partial charge in [-0.1, -0.05) is 29.8 Å². The van der Waals surface area contributed by atoms with E-state index >= 15 is 0 Å². The maximum Gasteiger partial charge on any atom is 0.490 e. The minimum Gasteiger partial charge on any atom is -0.475 e. The molecular formula is C17H21F3N2O3. The van der Waals surface area contributed by atoms with Crippen LogP contribution in [0.2, 0.25) is 0 Å². The number of amides is 1. The molecule has 1 amide bonds. The van der Waals surface area contributed by atoms with Gasteiger partial charge in [0.15, 0.2) is 0 Å². The summed E-state index contributed by atoms with van der Waals surface area (Å²) in [6.07, 6.45) is -2.28. The summed E-state index contributed by atoms with van der Waals surface area (Å²) in [5, 5.41) is 10.2. The third-order valence-electron chi connectivity index (χ3n) is 4.42. The molecule has 138 valence electrons. The molecule has 1 aromatic carbocycles. The maximum atomic E-state index is 11.4. The molecular weight excluding hydrogens is 337 g/mol. The second kappa shape index (κ2) is 7.86. The Bertz CT molecular complexity index is 617. The fourth-order valence-electron chi connectivity index (χ4n) is 3.15. The number of aliphatic carboxylic acids is 1. The van der Waals surface area contributed by atoms with Crippen molar-refractivity contribution in [3.63, 3.8) is 0 Å². The largest absolute Gasteiger partial charge is 0.490 e. The molecule has 25 heavy (non-hydrogen) atoms. The van der Waals surface area contributed by atoms with Gasteiger partial charge in [-0.2, -0.15) is 13.2 Å². The quantitative estimate of drug-likeness (QED) is 0.852. The first-order valence-corrected chi connectivity index (χ1v) is 8.06. The number of halogens is 3. The summed E-state index contributed by atoms with van der Waals surface area (Å²) in [4.78, 5) is 22.8. The smallest absolute Gasteiger partial charge is 0.475 e. The zero-order valence-corrected chi connectivity index (χ0v) is 13.8. The zero-order valence-electron chi connectivity index (χ0n) is 13.8. The Morgan fingerprint density at radius 3 is 2.44 bits per heavy atom. The highest BCUT2D eigenvalue weighted by Gasteiger charge is 2.38. The molecule has 2 fully saturated rings. The third kappa shape index (κ3) is 5.45. The molecule has 8 heteroatoms. The normalized spacial score (nSPS) is 23.3. The number of carbonyl (C=O) groups is 2. The van der Waals surface area contributed by atoms with Crippen LogP contribution in [0.25, 0.3) is 0 Å².